The van der Waals surface area contributed by atoms with Crippen LogP contribution in [0.5, 0.6) is 0 Å². The topological polar surface area (TPSA) is 28.2 Å². The molecule has 1 N–H and O–H groups in total. The molecule has 0 aliphatic carbocycles. The molecule has 0 amide bonds. The van der Waals surface area contributed by atoms with Gasteiger partial charge in [-0.15, -0.1) is 0 Å². The molecule has 0 atom stereocenters. The highest BCUT2D eigenvalue weighted by molar-refractivity contribution is 5.47. The van der Waals surface area contributed by atoms with Crippen LogP contribution in [0.15, 0.2) is 18.3 Å². The Hall–Kier alpha value is -1.09. The number of piperidine rings is 1. The van der Waals surface area contributed by atoms with E-state index in [1.54, 1.807) is 0 Å². The van der Waals surface area contributed by atoms with Crippen LogP contribution in [0.25, 0.3) is 0 Å². The van der Waals surface area contributed by atoms with Gasteiger partial charge in [0.25, 0.3) is 0 Å². The number of hydrogen-bond donors (Lipinski definition) is 1. The number of nitrogens with zero attached hydrogens (tertiary/aromatic N) is 2. The highest BCUT2D eigenvalue weighted by Gasteiger charge is 2.20. The first-order valence-electron chi connectivity index (χ1n) is 8.24. The maximum atomic E-state index is 4.64. The molecule has 112 valence electrons. The first-order valence-corrected chi connectivity index (χ1v) is 8.24. The first kappa shape index (κ1) is 15.3. The standard InChI is InChI=1S/C17H29N3/c1-3-6-15-8-12-20(13-9-15)17-16(7-5-11-19-17)14-18-10-4-2/h5,7,11,15,18H,3-4,6,8-10,12-14H2,1-2H3. The van der Waals surface area contributed by atoms with E-state index in [2.05, 4.69) is 41.2 Å². The summed E-state index contributed by atoms with van der Waals surface area (Å²) < 4.78 is 0. The minimum absolute atomic E-state index is 0.932. The van der Waals surface area contributed by atoms with Gasteiger partial charge in [-0.3, -0.25) is 0 Å². The first-order chi connectivity index (χ1) is 9.85. The van der Waals surface area contributed by atoms with Crippen LogP contribution in [0.2, 0.25) is 0 Å². The van der Waals surface area contributed by atoms with Crippen molar-refractivity contribution in [3.8, 4) is 0 Å². The van der Waals surface area contributed by atoms with Gasteiger partial charge in [-0.05, 0) is 37.8 Å². The zero-order chi connectivity index (χ0) is 14.2. The molecule has 0 saturated carbocycles. The fourth-order valence-electron chi connectivity index (χ4n) is 3.09. The Bertz CT molecular complexity index is 384. The van der Waals surface area contributed by atoms with Gasteiger partial charge in [0.15, 0.2) is 0 Å². The molecule has 0 spiro atoms. The second-order valence-corrected chi connectivity index (χ2v) is 5.88. The molecule has 2 rings (SSSR count). The van der Waals surface area contributed by atoms with Crippen molar-refractivity contribution < 1.29 is 0 Å². The number of hydrogen-bond acceptors (Lipinski definition) is 3. The van der Waals surface area contributed by atoms with Gasteiger partial charge in [0.2, 0.25) is 0 Å². The lowest BCUT2D eigenvalue weighted by molar-refractivity contribution is 0.377. The van der Waals surface area contributed by atoms with Gasteiger partial charge in [-0.1, -0.05) is 32.8 Å². The lowest BCUT2D eigenvalue weighted by Gasteiger charge is -2.33. The number of pyridine rings is 1. The number of rotatable bonds is 7. The average Bonchev–Trinajstić information content (AvgIpc) is 2.49. The quantitative estimate of drug-likeness (QED) is 0.771. The summed E-state index contributed by atoms with van der Waals surface area (Å²) in [6.45, 7) is 8.85. The minimum Gasteiger partial charge on any atom is -0.356 e. The van der Waals surface area contributed by atoms with Crippen molar-refractivity contribution in [1.29, 1.82) is 0 Å². The normalized spacial score (nSPS) is 16.6. The zero-order valence-electron chi connectivity index (χ0n) is 13.1. The maximum absolute atomic E-state index is 4.64. The largest absolute Gasteiger partial charge is 0.356 e. The van der Waals surface area contributed by atoms with E-state index < -0.39 is 0 Å². The van der Waals surface area contributed by atoms with Gasteiger partial charge < -0.3 is 10.2 Å². The van der Waals surface area contributed by atoms with Crippen LogP contribution >= 0.6 is 0 Å². The summed E-state index contributed by atoms with van der Waals surface area (Å²) in [4.78, 5) is 7.12. The summed E-state index contributed by atoms with van der Waals surface area (Å²) in [6.07, 6.45) is 8.47. The molecule has 0 bridgehead atoms. The molecule has 1 aromatic heterocycles. The second kappa shape index (κ2) is 8.25. The molecule has 1 aliphatic heterocycles. The monoisotopic (exact) mass is 275 g/mol. The van der Waals surface area contributed by atoms with E-state index in [0.29, 0.717) is 0 Å². The molecule has 0 aromatic carbocycles. The highest BCUT2D eigenvalue weighted by Crippen LogP contribution is 2.26. The Morgan fingerprint density at radius 2 is 2.05 bits per heavy atom. The summed E-state index contributed by atoms with van der Waals surface area (Å²) in [6, 6.07) is 4.26. The van der Waals surface area contributed by atoms with Crippen molar-refractivity contribution in [3.63, 3.8) is 0 Å². The number of aromatic nitrogens is 1. The molecule has 3 heteroatoms. The fourth-order valence-corrected chi connectivity index (χ4v) is 3.09. The summed E-state index contributed by atoms with van der Waals surface area (Å²) >= 11 is 0. The van der Waals surface area contributed by atoms with Gasteiger partial charge in [0, 0.05) is 31.4 Å². The van der Waals surface area contributed by atoms with E-state index >= 15 is 0 Å². The van der Waals surface area contributed by atoms with Crippen LogP contribution in [0.1, 0.15) is 51.5 Å². The van der Waals surface area contributed by atoms with Crippen molar-refractivity contribution in [2.75, 3.05) is 24.5 Å². The molecular formula is C17H29N3. The van der Waals surface area contributed by atoms with E-state index in [1.165, 1.54) is 56.6 Å². The third-order valence-electron chi connectivity index (χ3n) is 4.22. The van der Waals surface area contributed by atoms with Gasteiger partial charge >= 0.3 is 0 Å². The lowest BCUT2D eigenvalue weighted by Crippen LogP contribution is -2.35. The van der Waals surface area contributed by atoms with E-state index in [0.717, 1.165) is 19.0 Å². The molecule has 3 nitrogen and oxygen atoms in total. The van der Waals surface area contributed by atoms with Crippen molar-refractivity contribution >= 4 is 5.82 Å². The molecule has 1 saturated heterocycles. The van der Waals surface area contributed by atoms with Crippen molar-refractivity contribution in [3.05, 3.63) is 23.9 Å². The Labute approximate surface area is 123 Å². The summed E-state index contributed by atoms with van der Waals surface area (Å²) in [5.41, 5.74) is 1.34. The van der Waals surface area contributed by atoms with Crippen molar-refractivity contribution in [2.24, 2.45) is 5.92 Å². The van der Waals surface area contributed by atoms with Crippen LogP contribution in [0.3, 0.4) is 0 Å². The minimum atomic E-state index is 0.932. The zero-order valence-corrected chi connectivity index (χ0v) is 13.1. The van der Waals surface area contributed by atoms with Crippen LogP contribution in [-0.2, 0) is 6.54 Å². The number of anilines is 1. The molecule has 2 heterocycles. The van der Waals surface area contributed by atoms with E-state index in [-0.39, 0.29) is 0 Å². The van der Waals surface area contributed by atoms with Crippen LogP contribution in [0, 0.1) is 5.92 Å². The molecule has 0 unspecified atom stereocenters. The average molecular weight is 275 g/mol. The van der Waals surface area contributed by atoms with Gasteiger partial charge in [0.05, 0.1) is 0 Å². The van der Waals surface area contributed by atoms with E-state index in [9.17, 15) is 0 Å². The molecule has 1 aliphatic rings. The molecule has 0 radical (unpaired) electrons. The summed E-state index contributed by atoms with van der Waals surface area (Å²) in [5.74, 6) is 2.13. The fraction of sp³-hybridized carbons (Fsp3) is 0.706. The van der Waals surface area contributed by atoms with Crippen LogP contribution in [-0.4, -0.2) is 24.6 Å². The second-order valence-electron chi connectivity index (χ2n) is 5.88. The summed E-state index contributed by atoms with van der Waals surface area (Å²) in [5, 5.41) is 3.49. The van der Waals surface area contributed by atoms with Gasteiger partial charge in [0.1, 0.15) is 5.82 Å². The Morgan fingerprint density at radius 3 is 2.75 bits per heavy atom. The predicted molar refractivity (Wildman–Crippen MR) is 86.1 cm³/mol. The molecule has 1 fully saturated rings. The summed E-state index contributed by atoms with van der Waals surface area (Å²) in [7, 11) is 0. The third-order valence-corrected chi connectivity index (χ3v) is 4.22. The van der Waals surface area contributed by atoms with Crippen molar-refractivity contribution in [1.82, 2.24) is 10.3 Å². The van der Waals surface area contributed by atoms with Crippen LogP contribution in [0.4, 0.5) is 5.82 Å². The van der Waals surface area contributed by atoms with E-state index in [1.807, 2.05) is 6.20 Å². The Balaban J connectivity index is 1.95. The molecule has 20 heavy (non-hydrogen) atoms. The number of nitrogens with one attached hydrogen (secondary N) is 1. The maximum Gasteiger partial charge on any atom is 0.133 e. The third kappa shape index (κ3) is 4.20. The smallest absolute Gasteiger partial charge is 0.133 e. The SMILES string of the molecule is CCCNCc1cccnc1N1CCC(CCC)CC1. The van der Waals surface area contributed by atoms with Gasteiger partial charge in [-0.2, -0.15) is 0 Å². The highest BCUT2D eigenvalue weighted by atomic mass is 15.2. The molecular weight excluding hydrogens is 246 g/mol. The van der Waals surface area contributed by atoms with Crippen molar-refractivity contribution in [2.45, 2.75) is 52.5 Å². The van der Waals surface area contributed by atoms with Gasteiger partial charge in [-0.25, -0.2) is 4.98 Å². The predicted octanol–water partition coefficient (Wildman–Crippen LogP) is 3.60. The Morgan fingerprint density at radius 1 is 1.25 bits per heavy atom. The van der Waals surface area contributed by atoms with E-state index in [4.69, 9.17) is 0 Å². The lowest BCUT2D eigenvalue weighted by atomic mass is 9.92. The Kier molecular flexibility index (Phi) is 6.31. The van der Waals surface area contributed by atoms with Crippen LogP contribution < -0.4 is 10.2 Å². The molecule has 1 aromatic rings.